The Morgan fingerprint density at radius 3 is 2.74 bits per heavy atom. The fourth-order valence-corrected chi connectivity index (χ4v) is 3.33. The molecule has 19 heavy (non-hydrogen) atoms. The van der Waals surface area contributed by atoms with Crippen molar-refractivity contribution in [3.8, 4) is 0 Å². The number of rotatable bonds is 3. The van der Waals surface area contributed by atoms with Crippen molar-refractivity contribution in [2.45, 2.75) is 50.4 Å². The molecular formula is C14H23N3O2. The van der Waals surface area contributed by atoms with Gasteiger partial charge in [-0.15, -0.1) is 0 Å². The zero-order chi connectivity index (χ0) is 13.3. The molecule has 0 radical (unpaired) electrons. The van der Waals surface area contributed by atoms with Crippen LogP contribution in [0.4, 0.5) is 0 Å². The number of aromatic nitrogens is 2. The highest BCUT2D eigenvalue weighted by Crippen LogP contribution is 2.38. The van der Waals surface area contributed by atoms with Crippen LogP contribution in [0.25, 0.3) is 0 Å². The van der Waals surface area contributed by atoms with Crippen LogP contribution >= 0.6 is 0 Å². The summed E-state index contributed by atoms with van der Waals surface area (Å²) in [7, 11) is 0. The minimum Gasteiger partial charge on any atom is -0.381 e. The quantitative estimate of drug-likeness (QED) is 0.904. The molecule has 2 N–H and O–H groups in total. The summed E-state index contributed by atoms with van der Waals surface area (Å²) in [4.78, 5) is 4.68. The molecule has 5 nitrogen and oxygen atoms in total. The molecule has 3 rings (SSSR count). The molecule has 1 saturated heterocycles. The topological polar surface area (TPSA) is 74.2 Å². The van der Waals surface area contributed by atoms with Crippen molar-refractivity contribution in [2.75, 3.05) is 19.8 Å². The molecule has 0 aromatic carbocycles. The van der Waals surface area contributed by atoms with E-state index in [-0.39, 0.29) is 5.41 Å². The van der Waals surface area contributed by atoms with Gasteiger partial charge < -0.3 is 15.0 Å². The second-order valence-electron chi connectivity index (χ2n) is 6.17. The molecule has 1 aliphatic carbocycles. The zero-order valence-electron chi connectivity index (χ0n) is 11.6. The molecule has 2 atom stereocenters. The third-order valence-corrected chi connectivity index (χ3v) is 4.80. The molecule has 2 aliphatic rings. The van der Waals surface area contributed by atoms with Crippen molar-refractivity contribution in [3.05, 3.63) is 11.7 Å². The maximum Gasteiger partial charge on any atom is 0.234 e. The van der Waals surface area contributed by atoms with E-state index in [2.05, 4.69) is 17.1 Å². The summed E-state index contributed by atoms with van der Waals surface area (Å²) >= 11 is 0. The van der Waals surface area contributed by atoms with Gasteiger partial charge >= 0.3 is 0 Å². The van der Waals surface area contributed by atoms with Crippen LogP contribution in [0.2, 0.25) is 0 Å². The average Bonchev–Trinajstić information content (AvgIpc) is 3.08. The Hall–Kier alpha value is -0.940. The lowest BCUT2D eigenvalue weighted by atomic mass is 9.80. The first-order chi connectivity index (χ1) is 9.23. The summed E-state index contributed by atoms with van der Waals surface area (Å²) in [6, 6.07) is 0. The van der Waals surface area contributed by atoms with Gasteiger partial charge in [-0.25, -0.2) is 0 Å². The number of hydrogen-bond acceptors (Lipinski definition) is 5. The Bertz CT molecular complexity index is 426. The molecule has 1 aliphatic heterocycles. The van der Waals surface area contributed by atoms with E-state index in [0.717, 1.165) is 43.7 Å². The van der Waals surface area contributed by atoms with Crippen molar-refractivity contribution in [3.63, 3.8) is 0 Å². The Morgan fingerprint density at radius 2 is 2.11 bits per heavy atom. The minimum atomic E-state index is -0.159. The van der Waals surface area contributed by atoms with E-state index in [1.165, 1.54) is 19.3 Å². The van der Waals surface area contributed by atoms with Crippen molar-refractivity contribution in [1.29, 1.82) is 0 Å². The normalized spacial score (nSPS) is 30.6. The SMILES string of the molecule is CC1CCC(c2noc(C3(CN)CCOCC3)n2)C1. The standard InChI is InChI=1S/C14H23N3O2/c1-10-2-3-11(8-10)12-16-13(19-17-12)14(9-15)4-6-18-7-5-14/h10-11H,2-9,15H2,1H3. The summed E-state index contributed by atoms with van der Waals surface area (Å²) in [5.41, 5.74) is 5.81. The van der Waals surface area contributed by atoms with Crippen molar-refractivity contribution in [1.82, 2.24) is 10.1 Å². The van der Waals surface area contributed by atoms with Crippen molar-refractivity contribution < 1.29 is 9.26 Å². The third kappa shape index (κ3) is 2.41. The van der Waals surface area contributed by atoms with E-state index in [9.17, 15) is 0 Å². The van der Waals surface area contributed by atoms with Gasteiger partial charge in [0.2, 0.25) is 5.89 Å². The molecule has 2 heterocycles. The summed E-state index contributed by atoms with van der Waals surface area (Å²) in [6.45, 7) is 4.31. The van der Waals surface area contributed by atoms with E-state index in [1.54, 1.807) is 0 Å². The van der Waals surface area contributed by atoms with Gasteiger partial charge in [-0.2, -0.15) is 4.98 Å². The molecule has 0 bridgehead atoms. The molecule has 1 saturated carbocycles. The first-order valence-electron chi connectivity index (χ1n) is 7.35. The molecular weight excluding hydrogens is 242 g/mol. The van der Waals surface area contributed by atoms with Gasteiger partial charge in [-0.3, -0.25) is 0 Å². The summed E-state index contributed by atoms with van der Waals surface area (Å²) in [6.07, 6.45) is 5.39. The minimum absolute atomic E-state index is 0.159. The Balaban J connectivity index is 1.79. The predicted octanol–water partition coefficient (Wildman–Crippen LogP) is 1.98. The van der Waals surface area contributed by atoms with Crippen LogP contribution in [0.15, 0.2) is 4.52 Å². The summed E-state index contributed by atoms with van der Waals surface area (Å²) < 4.78 is 11.0. The van der Waals surface area contributed by atoms with Gasteiger partial charge in [0, 0.05) is 25.7 Å². The van der Waals surface area contributed by atoms with Crippen molar-refractivity contribution >= 4 is 0 Å². The largest absolute Gasteiger partial charge is 0.381 e. The lowest BCUT2D eigenvalue weighted by Crippen LogP contribution is -2.40. The molecule has 0 spiro atoms. The second-order valence-corrected chi connectivity index (χ2v) is 6.17. The molecule has 5 heteroatoms. The molecule has 0 amide bonds. The lowest BCUT2D eigenvalue weighted by molar-refractivity contribution is 0.0409. The summed E-state index contributed by atoms with van der Waals surface area (Å²) in [5, 5.41) is 4.22. The van der Waals surface area contributed by atoms with E-state index in [4.69, 9.17) is 15.0 Å². The first-order valence-corrected chi connectivity index (χ1v) is 7.35. The fraction of sp³-hybridized carbons (Fsp3) is 0.857. The van der Waals surface area contributed by atoms with Gasteiger partial charge in [-0.1, -0.05) is 12.1 Å². The van der Waals surface area contributed by atoms with Gasteiger partial charge in [0.25, 0.3) is 0 Å². The number of nitrogens with zero attached hydrogens (tertiary/aromatic N) is 2. The van der Waals surface area contributed by atoms with Crippen LogP contribution in [-0.2, 0) is 10.2 Å². The van der Waals surface area contributed by atoms with Crippen LogP contribution in [0, 0.1) is 5.92 Å². The van der Waals surface area contributed by atoms with Crippen LogP contribution in [0.5, 0.6) is 0 Å². The zero-order valence-corrected chi connectivity index (χ0v) is 11.6. The van der Waals surface area contributed by atoms with E-state index in [0.29, 0.717) is 12.5 Å². The molecule has 106 valence electrons. The first kappa shape index (κ1) is 13.1. The monoisotopic (exact) mass is 265 g/mol. The number of ether oxygens (including phenoxy) is 1. The molecule has 1 aromatic rings. The van der Waals surface area contributed by atoms with Crippen LogP contribution in [0.1, 0.15) is 56.7 Å². The molecule has 1 aromatic heterocycles. The number of nitrogens with two attached hydrogens (primary N) is 1. The van der Waals surface area contributed by atoms with Gasteiger partial charge in [0.1, 0.15) is 0 Å². The van der Waals surface area contributed by atoms with Crippen LogP contribution in [0.3, 0.4) is 0 Å². The highest BCUT2D eigenvalue weighted by Gasteiger charge is 2.39. The second kappa shape index (κ2) is 5.21. The van der Waals surface area contributed by atoms with Crippen LogP contribution < -0.4 is 5.73 Å². The van der Waals surface area contributed by atoms with Gasteiger partial charge in [0.05, 0.1) is 5.41 Å². The Morgan fingerprint density at radius 1 is 1.32 bits per heavy atom. The van der Waals surface area contributed by atoms with E-state index in [1.807, 2.05) is 0 Å². The highest BCUT2D eigenvalue weighted by molar-refractivity contribution is 5.10. The maximum absolute atomic E-state index is 5.97. The van der Waals surface area contributed by atoms with Gasteiger partial charge in [-0.05, 0) is 38.0 Å². The van der Waals surface area contributed by atoms with Crippen molar-refractivity contribution in [2.24, 2.45) is 11.7 Å². The van der Waals surface area contributed by atoms with E-state index >= 15 is 0 Å². The average molecular weight is 265 g/mol. The highest BCUT2D eigenvalue weighted by atomic mass is 16.5. The Kier molecular flexibility index (Phi) is 3.58. The van der Waals surface area contributed by atoms with Gasteiger partial charge in [0.15, 0.2) is 5.82 Å². The molecule has 2 unspecified atom stereocenters. The van der Waals surface area contributed by atoms with E-state index < -0.39 is 0 Å². The smallest absolute Gasteiger partial charge is 0.234 e. The molecule has 2 fully saturated rings. The van der Waals surface area contributed by atoms with Crippen LogP contribution in [-0.4, -0.2) is 29.9 Å². The third-order valence-electron chi connectivity index (χ3n) is 4.80. The maximum atomic E-state index is 5.97. The summed E-state index contributed by atoms with van der Waals surface area (Å²) in [5.74, 6) is 2.87. The lowest BCUT2D eigenvalue weighted by Gasteiger charge is -2.32. The Labute approximate surface area is 113 Å². The predicted molar refractivity (Wildman–Crippen MR) is 70.8 cm³/mol. The fourth-order valence-electron chi connectivity index (χ4n) is 3.33. The number of hydrogen-bond donors (Lipinski definition) is 1.